The van der Waals surface area contributed by atoms with E-state index in [0.717, 1.165) is 193 Å². The van der Waals surface area contributed by atoms with Gasteiger partial charge in [-0.25, -0.2) is 15.0 Å². The molecule has 0 unspecified atom stereocenters. The van der Waals surface area contributed by atoms with Crippen molar-refractivity contribution in [2.24, 2.45) is 0 Å². The molecule has 18 nitrogen and oxygen atoms in total. The number of benzene rings is 15. The molecule has 0 bridgehead atoms. The van der Waals surface area contributed by atoms with Crippen LogP contribution < -0.4 is 47.9 Å². The smallest absolute Gasteiger partial charge is 0.399 e. The van der Waals surface area contributed by atoms with Crippen LogP contribution in [0.4, 0.5) is 0 Å². The molecule has 0 radical (unpaired) electrons. The number of hydrogen-bond donors (Lipinski definition) is 2. The van der Waals surface area contributed by atoms with Crippen molar-refractivity contribution in [3.8, 4) is 51.2 Å². The number of halogens is 3. The van der Waals surface area contributed by atoms with Crippen LogP contribution in [0.3, 0.4) is 0 Å². The molecule has 0 spiro atoms. The van der Waals surface area contributed by atoms with Gasteiger partial charge in [0.1, 0.15) is 57.1 Å². The first-order chi connectivity index (χ1) is 68.1. The van der Waals surface area contributed by atoms with Gasteiger partial charge in [0, 0.05) is 166 Å². The summed E-state index contributed by atoms with van der Waals surface area (Å²) in [6, 6.07) is 105. The van der Waals surface area contributed by atoms with Crippen LogP contribution in [0.2, 0.25) is 0 Å². The molecule has 6 aromatic heterocycles. The number of aromatic amines is 2. The summed E-state index contributed by atoms with van der Waals surface area (Å²) in [5.41, 5.74) is 15.7. The van der Waals surface area contributed by atoms with E-state index in [4.69, 9.17) is 24.3 Å². The fourth-order valence-corrected chi connectivity index (χ4v) is 26.4. The zero-order chi connectivity index (χ0) is 104. The highest BCUT2D eigenvalue weighted by Gasteiger charge is 2.52. The molecule has 22 rings (SSSR count). The van der Waals surface area contributed by atoms with Crippen molar-refractivity contribution in [1.82, 2.24) is 38.6 Å². The molecule has 0 aliphatic carbocycles. The Morgan fingerprint density at radius 2 is 0.476 bits per heavy atom. The minimum Gasteiger partial charge on any atom is -0.399 e. The maximum Gasteiger partial charge on any atom is 0.494 e. The Bertz CT molecular complexity index is 8790. The Morgan fingerprint density at radius 3 is 0.772 bits per heavy atom. The van der Waals surface area contributed by atoms with Crippen LogP contribution in [-0.4, -0.2) is 164 Å². The number of rotatable bonds is 15. The summed E-state index contributed by atoms with van der Waals surface area (Å²) in [7, 11) is -19.8. The van der Waals surface area contributed by atoms with Gasteiger partial charge in [-0.15, -0.1) is 0 Å². The predicted molar refractivity (Wildman–Crippen MR) is 635 cm³/mol. The summed E-state index contributed by atoms with van der Waals surface area (Å²) < 4.78 is 124. The molecule has 0 atom stereocenters. The quantitative estimate of drug-likeness (QED) is 0.0718. The van der Waals surface area contributed by atoms with Crippen LogP contribution >= 0.6 is 105 Å². The maximum absolute atomic E-state index is 13.2. The fraction of sp³-hybridized carbons (Fsp3) is 0.191. The lowest BCUT2D eigenvalue weighted by molar-refractivity contribution is 0.00578. The Kier molecular flexibility index (Phi) is 28.5. The highest BCUT2D eigenvalue weighted by Crippen LogP contribution is 2.48. The van der Waals surface area contributed by atoms with Crippen molar-refractivity contribution in [3.05, 3.63) is 329 Å². The lowest BCUT2D eigenvalue weighted by Crippen LogP contribution is -2.41. The topological polar surface area (TPSA) is 240 Å². The minimum atomic E-state index is -2.52. The number of nitrogens with zero attached hydrogens (tertiary/aromatic N) is 6. The van der Waals surface area contributed by atoms with Gasteiger partial charge >= 0.3 is 7.12 Å². The van der Waals surface area contributed by atoms with Crippen molar-refractivity contribution >= 4 is 269 Å². The predicted octanol–water partition coefficient (Wildman–Crippen LogP) is 28.8. The van der Waals surface area contributed by atoms with E-state index in [1.165, 1.54) is 10.8 Å². The number of hydrogen-bond acceptors (Lipinski definition) is 13. The van der Waals surface area contributed by atoms with Crippen molar-refractivity contribution < 1.29 is 45.8 Å². The Balaban J connectivity index is 0.000000124. The molecule has 1 aliphatic rings. The molecule has 1 saturated heterocycles. The van der Waals surface area contributed by atoms with Gasteiger partial charge in [0.25, 0.3) is 0 Å². The van der Waals surface area contributed by atoms with Crippen molar-refractivity contribution in [1.29, 1.82) is 0 Å². The molecule has 0 saturated carbocycles. The molecule has 30 heteroatoms. The number of fused-ring (bicyclic) bond motifs is 15. The van der Waals surface area contributed by atoms with E-state index in [1.54, 1.807) is 107 Å². The van der Waals surface area contributed by atoms with Crippen LogP contribution in [0.5, 0.6) is 0 Å². The molecular weight excluding hydrogens is 2150 g/mol. The van der Waals surface area contributed by atoms with Gasteiger partial charge in [-0.2, -0.15) is 0 Å². The third kappa shape index (κ3) is 22.0. The van der Waals surface area contributed by atoms with Gasteiger partial charge in [0.05, 0.1) is 44.3 Å². The Morgan fingerprint density at radius 1 is 0.241 bits per heavy atom. The third-order valence-corrected chi connectivity index (χ3v) is 40.7. The molecule has 1 aliphatic heterocycles. The summed E-state index contributed by atoms with van der Waals surface area (Å²) in [5.74, 6) is 1.75. The second-order valence-corrected chi connectivity index (χ2v) is 69.9. The zero-order valence-corrected chi connectivity index (χ0v) is 96.5. The average molecular weight is 2270 g/mol. The molecule has 0 amide bonds. The fourth-order valence-electron chi connectivity index (χ4n) is 18.4. The van der Waals surface area contributed by atoms with Gasteiger partial charge < -0.3 is 69.5 Å². The van der Waals surface area contributed by atoms with E-state index in [9.17, 15) is 36.5 Å². The van der Waals surface area contributed by atoms with Crippen LogP contribution in [0.25, 0.3) is 160 Å². The molecule has 1 fully saturated rings. The molecule has 21 aromatic rings. The van der Waals surface area contributed by atoms with E-state index in [2.05, 4.69) is 202 Å². The van der Waals surface area contributed by atoms with E-state index < -0.39 is 75.5 Å². The first kappa shape index (κ1) is 105. The standard InChI is InChI=1S/C37H32N4O2P2.C28H34BNO4P2.C22H22BrNO2P2.C16H19NO2P2.C12H7Br2N/c1-44(2,42)29-18-20-31-32-21-19-30(45(3,4)43)24-34(32)41(33(31)23-29)28-17-11-16-27(22-28)37-39-35(25-12-7-5-8-13-25)38-36(40-37)26-14-9-6-10-15-26;1-27(2)28(3,4)34-29(33-27)19-10-9-11-20(16-19)30-25-17-21(35(5,6)31)12-14-23(25)24-15-13-22(18-26(24)30)36(7,8)32;1-27(2,25)17-8-10-19-20-11-9-18(28(3,4)26)14-22(20)24(21(19)13-17)16-7-5-6-15(23)12-16;1-20(2,18)11-5-7-13-14-8-6-12(21(3,4)19)10-16(14)17-15(13)9-11;13-7-1-3-9-10-4-2-8(14)6-12(10)15-11(9)5-7/h5-24H,1-4H3;9-18H,1-8H3;5-14H,1-4H3;5-10,17H,1-4H3;1-6,15H. The summed E-state index contributed by atoms with van der Waals surface area (Å²) in [4.78, 5) is 21.5. The molecule has 2 N–H and O–H groups in total. The normalized spacial score (nSPS) is 13.7. The zero-order valence-electron chi connectivity index (χ0n) is 84.6. The van der Waals surface area contributed by atoms with E-state index >= 15 is 0 Å². The Labute approximate surface area is 871 Å². The molecule has 7 heterocycles. The molecule has 738 valence electrons. The highest BCUT2D eigenvalue weighted by atomic mass is 79.9. The number of aromatic nitrogens is 8. The first-order valence-electron chi connectivity index (χ1n) is 47.4. The average Bonchev–Trinajstić information content (AvgIpc) is 1.56. The van der Waals surface area contributed by atoms with Gasteiger partial charge in [-0.05, 0) is 255 Å². The van der Waals surface area contributed by atoms with Crippen LogP contribution in [0, 0.1) is 0 Å². The second kappa shape index (κ2) is 39.6. The minimum absolute atomic E-state index is 0.433. The summed E-state index contributed by atoms with van der Waals surface area (Å²) in [6.45, 7) is 36.8. The van der Waals surface area contributed by atoms with Gasteiger partial charge in [0.15, 0.2) is 17.5 Å². The summed E-state index contributed by atoms with van der Waals surface area (Å²) in [5, 5.41) is 17.9. The van der Waals surface area contributed by atoms with E-state index in [1.807, 2.05) is 212 Å². The van der Waals surface area contributed by atoms with Crippen LogP contribution in [-0.2, 0) is 45.8 Å². The number of nitrogens with one attached hydrogen (secondary N) is 2. The first-order valence-corrected chi connectivity index (χ1v) is 70.6. The van der Waals surface area contributed by atoms with E-state index in [0.29, 0.717) is 17.5 Å². The third-order valence-electron chi connectivity index (χ3n) is 27.0. The largest absolute Gasteiger partial charge is 0.494 e. The maximum atomic E-state index is 13.2. The van der Waals surface area contributed by atoms with Crippen molar-refractivity contribution in [2.75, 3.05) is 107 Å². The van der Waals surface area contributed by atoms with E-state index in [-0.39, 0.29) is 0 Å². The Hall–Kier alpha value is -10.4. The van der Waals surface area contributed by atoms with Crippen LogP contribution in [0.1, 0.15) is 27.7 Å². The summed E-state index contributed by atoms with van der Waals surface area (Å²) >= 11 is 10.5. The number of H-pyrrole nitrogens is 2. The monoisotopic (exact) mass is 2260 g/mol. The van der Waals surface area contributed by atoms with Gasteiger partial charge in [0.2, 0.25) is 0 Å². The highest BCUT2D eigenvalue weighted by molar-refractivity contribution is 9.11. The van der Waals surface area contributed by atoms with Gasteiger partial charge in [-0.1, -0.05) is 248 Å². The summed E-state index contributed by atoms with van der Waals surface area (Å²) in [6.07, 6.45) is 0. The van der Waals surface area contributed by atoms with Crippen LogP contribution in [0.15, 0.2) is 329 Å². The SMILES string of the molecule is Brc1ccc2c(c1)[nH]c1cc(Br)ccc12.CC1(C)OB(c2cccc(-n3c4cc(P(C)(C)=O)ccc4c4ccc(P(C)(C)=O)cc43)c2)OC1(C)C.CP(C)(=O)c1ccc2c(c1)[nH]c1cc(P(C)(C)=O)ccc12.CP(C)(=O)c1ccc2c3ccc(P(C)(C)=O)cc3n(-c3cccc(-c4nc(-c5ccccc5)nc(-c5ccccc5)n4)c3)c2c1.CP(C)(=O)c1ccc2c3ccc(P(C)(C)=O)cc3n(-c3cccc(Br)c3)c2c1. The molecular formula is C115H114BBr3N8O10P8. The van der Waals surface area contributed by atoms with Crippen molar-refractivity contribution in [2.45, 2.75) is 38.9 Å². The lowest BCUT2D eigenvalue weighted by Gasteiger charge is -2.32. The van der Waals surface area contributed by atoms with Gasteiger partial charge in [-0.3, -0.25) is 0 Å². The molecule has 145 heavy (non-hydrogen) atoms. The molecule has 15 aromatic carbocycles. The lowest BCUT2D eigenvalue weighted by atomic mass is 9.79. The van der Waals surface area contributed by atoms with Crippen molar-refractivity contribution in [3.63, 3.8) is 0 Å². The second-order valence-electron chi connectivity index (χ2n) is 41.4.